The van der Waals surface area contributed by atoms with Gasteiger partial charge in [0, 0.05) is 25.6 Å². The van der Waals surface area contributed by atoms with Crippen molar-refractivity contribution in [2.75, 3.05) is 32.9 Å². The second-order valence-corrected chi connectivity index (χ2v) is 9.05. The molecule has 0 bridgehead atoms. The zero-order chi connectivity index (χ0) is 26.5. The van der Waals surface area contributed by atoms with Gasteiger partial charge >= 0.3 is 12.0 Å². The summed E-state index contributed by atoms with van der Waals surface area (Å²) < 4.78 is 29.9. The number of rotatable bonds is 15. The van der Waals surface area contributed by atoms with Crippen molar-refractivity contribution >= 4 is 12.0 Å². The second kappa shape index (κ2) is 15.0. The van der Waals surface area contributed by atoms with E-state index >= 15 is 0 Å². The largest absolute Gasteiger partial charge is 0.494 e. The fraction of sp³-hybridized carbons (Fsp3) is 0.500. The first-order valence-corrected chi connectivity index (χ1v) is 12.9. The molecule has 2 aromatic carbocycles. The van der Waals surface area contributed by atoms with Crippen molar-refractivity contribution in [1.29, 1.82) is 0 Å². The predicted molar refractivity (Wildman–Crippen MR) is 138 cm³/mol. The number of urea groups is 1. The van der Waals surface area contributed by atoms with E-state index in [4.69, 9.17) is 14.2 Å². The Kier molecular flexibility index (Phi) is 11.5. The van der Waals surface area contributed by atoms with Crippen LogP contribution in [0, 0.1) is 5.82 Å². The maximum Gasteiger partial charge on any atom is 0.333 e. The summed E-state index contributed by atoms with van der Waals surface area (Å²) in [7, 11) is 0. The number of nitrogens with zero attached hydrogens (tertiary/aromatic N) is 1. The zero-order valence-corrected chi connectivity index (χ0v) is 21.4. The molecule has 8 nitrogen and oxygen atoms in total. The Morgan fingerprint density at radius 2 is 1.62 bits per heavy atom. The number of nitrogens with one attached hydrogen (secondary N) is 1. The summed E-state index contributed by atoms with van der Waals surface area (Å²) in [5.41, 5.74) is 0.840. The molecule has 0 radical (unpaired) electrons. The summed E-state index contributed by atoms with van der Waals surface area (Å²) in [6, 6.07) is 13.2. The summed E-state index contributed by atoms with van der Waals surface area (Å²) in [5.74, 6) is -0.0678. The van der Waals surface area contributed by atoms with E-state index in [1.807, 2.05) is 12.1 Å². The fourth-order valence-corrected chi connectivity index (χ4v) is 4.26. The van der Waals surface area contributed by atoms with Gasteiger partial charge in [0.05, 0.1) is 13.2 Å². The van der Waals surface area contributed by atoms with Gasteiger partial charge in [0.15, 0.2) is 6.10 Å². The van der Waals surface area contributed by atoms with E-state index < -0.39 is 12.1 Å². The number of ether oxygens (including phenoxy) is 3. The molecule has 2 aromatic rings. The standard InChI is InChI=1S/C28H37FN2O6/c1-2-35-26(27(32)33)20-21-8-12-24(13-9-21)37-19-17-31(28(34)30-23-6-3-4-7-23)16-5-18-36-25-14-10-22(29)11-15-25/h8-15,23,26H,2-7,16-20H2,1H3,(H,30,34)(H,32,33). The molecule has 202 valence electrons. The smallest absolute Gasteiger partial charge is 0.333 e. The number of amides is 2. The normalized spacial score (nSPS) is 14.2. The van der Waals surface area contributed by atoms with Crippen LogP contribution in [0.1, 0.15) is 44.6 Å². The summed E-state index contributed by atoms with van der Waals surface area (Å²) in [5, 5.41) is 12.4. The van der Waals surface area contributed by atoms with Gasteiger partial charge in [0.1, 0.15) is 23.9 Å². The minimum absolute atomic E-state index is 0.108. The lowest BCUT2D eigenvalue weighted by molar-refractivity contribution is -0.149. The van der Waals surface area contributed by atoms with E-state index in [-0.39, 0.29) is 24.3 Å². The monoisotopic (exact) mass is 516 g/mol. The predicted octanol–water partition coefficient (Wildman–Crippen LogP) is 4.66. The van der Waals surface area contributed by atoms with Crippen molar-refractivity contribution in [3.63, 3.8) is 0 Å². The van der Waals surface area contributed by atoms with Gasteiger partial charge in [-0.1, -0.05) is 25.0 Å². The van der Waals surface area contributed by atoms with Gasteiger partial charge in [-0.2, -0.15) is 0 Å². The Morgan fingerprint density at radius 3 is 2.24 bits per heavy atom. The molecule has 37 heavy (non-hydrogen) atoms. The number of hydrogen-bond donors (Lipinski definition) is 2. The molecule has 0 aromatic heterocycles. The number of carboxylic acids is 1. The lowest BCUT2D eigenvalue weighted by Gasteiger charge is -2.25. The minimum atomic E-state index is -0.985. The maximum atomic E-state index is 13.1. The summed E-state index contributed by atoms with van der Waals surface area (Å²) in [4.78, 5) is 26.0. The van der Waals surface area contributed by atoms with E-state index in [0.29, 0.717) is 50.8 Å². The van der Waals surface area contributed by atoms with Gasteiger partial charge in [-0.3, -0.25) is 0 Å². The molecule has 2 N–H and O–H groups in total. The first-order valence-electron chi connectivity index (χ1n) is 12.9. The first-order chi connectivity index (χ1) is 17.9. The average Bonchev–Trinajstić information content (AvgIpc) is 3.40. The highest BCUT2D eigenvalue weighted by molar-refractivity contribution is 5.74. The molecule has 1 fully saturated rings. The van der Waals surface area contributed by atoms with E-state index in [9.17, 15) is 19.1 Å². The van der Waals surface area contributed by atoms with Gasteiger partial charge in [-0.15, -0.1) is 0 Å². The zero-order valence-electron chi connectivity index (χ0n) is 21.4. The SMILES string of the molecule is CCOC(Cc1ccc(OCCN(CCCOc2ccc(F)cc2)C(=O)NC2CCCC2)cc1)C(=O)O. The Bertz CT molecular complexity index is 964. The van der Waals surface area contributed by atoms with Crippen molar-refractivity contribution in [1.82, 2.24) is 10.2 Å². The third kappa shape index (κ3) is 9.92. The molecule has 1 unspecified atom stereocenters. The van der Waals surface area contributed by atoms with Crippen LogP contribution in [0.2, 0.25) is 0 Å². The molecule has 0 heterocycles. The van der Waals surface area contributed by atoms with Crippen LogP contribution in [0.4, 0.5) is 9.18 Å². The molecule has 9 heteroatoms. The number of benzene rings is 2. The minimum Gasteiger partial charge on any atom is -0.494 e. The molecule has 1 aliphatic rings. The van der Waals surface area contributed by atoms with E-state index in [1.54, 1.807) is 36.1 Å². The van der Waals surface area contributed by atoms with Crippen molar-refractivity contribution in [2.24, 2.45) is 0 Å². The van der Waals surface area contributed by atoms with Crippen LogP contribution >= 0.6 is 0 Å². The molecule has 1 saturated carbocycles. The van der Waals surface area contributed by atoms with Crippen LogP contribution < -0.4 is 14.8 Å². The summed E-state index contributed by atoms with van der Waals surface area (Å²) in [6.45, 7) is 3.72. The van der Waals surface area contributed by atoms with Crippen molar-refractivity contribution in [3.05, 3.63) is 59.9 Å². The van der Waals surface area contributed by atoms with Gasteiger partial charge in [-0.05, 0) is 68.1 Å². The Morgan fingerprint density at radius 1 is 1.00 bits per heavy atom. The lowest BCUT2D eigenvalue weighted by Crippen LogP contribution is -2.46. The highest BCUT2D eigenvalue weighted by Gasteiger charge is 2.21. The quantitative estimate of drug-likeness (QED) is 0.334. The van der Waals surface area contributed by atoms with Gasteiger partial charge in [0.2, 0.25) is 0 Å². The maximum absolute atomic E-state index is 13.1. The molecular formula is C28H37FN2O6. The van der Waals surface area contributed by atoms with Crippen molar-refractivity contribution in [3.8, 4) is 11.5 Å². The number of carbonyl (C=O) groups is 2. The Balaban J connectivity index is 1.47. The highest BCUT2D eigenvalue weighted by atomic mass is 19.1. The Labute approximate surface area is 217 Å². The lowest BCUT2D eigenvalue weighted by atomic mass is 10.1. The van der Waals surface area contributed by atoms with Crippen LogP contribution in [0.3, 0.4) is 0 Å². The average molecular weight is 517 g/mol. The molecule has 3 rings (SSSR count). The third-order valence-corrected chi connectivity index (χ3v) is 6.24. The highest BCUT2D eigenvalue weighted by Crippen LogP contribution is 2.18. The second-order valence-electron chi connectivity index (χ2n) is 9.05. The molecular weight excluding hydrogens is 479 g/mol. The molecule has 0 aliphatic heterocycles. The van der Waals surface area contributed by atoms with Gasteiger partial charge in [0.25, 0.3) is 0 Å². The fourth-order valence-electron chi connectivity index (χ4n) is 4.26. The van der Waals surface area contributed by atoms with Crippen molar-refractivity contribution in [2.45, 2.75) is 57.6 Å². The van der Waals surface area contributed by atoms with Crippen LogP contribution in [0.15, 0.2) is 48.5 Å². The van der Waals surface area contributed by atoms with Crippen LogP contribution in [0.25, 0.3) is 0 Å². The van der Waals surface area contributed by atoms with Crippen LogP contribution in [-0.4, -0.2) is 67.1 Å². The molecule has 1 atom stereocenters. The van der Waals surface area contributed by atoms with E-state index in [1.165, 1.54) is 12.1 Å². The van der Waals surface area contributed by atoms with E-state index in [2.05, 4.69) is 5.32 Å². The van der Waals surface area contributed by atoms with Crippen LogP contribution in [0.5, 0.6) is 11.5 Å². The number of halogens is 1. The summed E-state index contributed by atoms with van der Waals surface area (Å²) >= 11 is 0. The molecule has 0 saturated heterocycles. The topological polar surface area (TPSA) is 97.3 Å². The number of hydrogen-bond acceptors (Lipinski definition) is 5. The molecule has 2 amide bonds. The van der Waals surface area contributed by atoms with Gasteiger partial charge in [-0.25, -0.2) is 14.0 Å². The van der Waals surface area contributed by atoms with Gasteiger partial charge < -0.3 is 29.5 Å². The number of aliphatic carboxylic acids is 1. The first kappa shape index (κ1) is 28.2. The van der Waals surface area contributed by atoms with Crippen molar-refractivity contribution < 1.29 is 33.3 Å². The van der Waals surface area contributed by atoms with Crippen LogP contribution in [-0.2, 0) is 16.0 Å². The molecule has 1 aliphatic carbocycles. The Hall–Kier alpha value is -3.33. The molecule has 0 spiro atoms. The van der Waals surface area contributed by atoms with E-state index in [0.717, 1.165) is 31.2 Å². The number of carboxylic acid groups (broad SMARTS) is 1. The summed E-state index contributed by atoms with van der Waals surface area (Å²) in [6.07, 6.45) is 4.29. The number of carbonyl (C=O) groups excluding carboxylic acids is 1. The third-order valence-electron chi connectivity index (χ3n) is 6.24.